The van der Waals surface area contributed by atoms with E-state index in [1.165, 1.54) is 43.5 Å². The molecule has 0 aliphatic rings. The van der Waals surface area contributed by atoms with Gasteiger partial charge < -0.3 is 4.74 Å². The summed E-state index contributed by atoms with van der Waals surface area (Å²) < 4.78 is 46.0. The summed E-state index contributed by atoms with van der Waals surface area (Å²) in [5, 5.41) is 2.36. The molecule has 8 heteroatoms. The summed E-state index contributed by atoms with van der Waals surface area (Å²) >= 11 is 6.26. The maximum Gasteiger partial charge on any atom is 0.309 e. The first kappa shape index (κ1) is 23.7. The monoisotopic (exact) mass is 497 g/mol. The molecular weight excluding hydrogens is 477 g/mol. The van der Waals surface area contributed by atoms with Crippen molar-refractivity contribution in [3.63, 3.8) is 0 Å². The van der Waals surface area contributed by atoms with Crippen LogP contribution >= 0.6 is 11.6 Å². The second kappa shape index (κ2) is 9.44. The molecule has 4 aromatic carbocycles. The Kier molecular flexibility index (Phi) is 6.59. The molecule has 174 valence electrons. The number of ether oxygens (including phenoxy) is 1. The van der Waals surface area contributed by atoms with Gasteiger partial charge in [-0.05, 0) is 88.5 Å². The number of sulfonamides is 1. The standard InChI is InChI=1S/C26H21ClFNO4S/c1-16-19(14-25(30)33-2)13-18-3-6-20(27)15-24(18)26(16)17-4-11-23(12-5-17)34(31,32)29-22-9-7-21(28)8-10-22/h3-13,15,29H,14H2,1-2H3. The molecule has 0 spiro atoms. The molecule has 0 bridgehead atoms. The number of carbonyl (C=O) groups excluding carboxylic acids is 1. The van der Waals surface area contributed by atoms with Crippen LogP contribution in [0.4, 0.5) is 10.1 Å². The van der Waals surface area contributed by atoms with Gasteiger partial charge >= 0.3 is 5.97 Å². The van der Waals surface area contributed by atoms with Crippen molar-refractivity contribution in [2.45, 2.75) is 18.2 Å². The molecule has 0 atom stereocenters. The van der Waals surface area contributed by atoms with E-state index in [-0.39, 0.29) is 23.0 Å². The number of nitrogens with one attached hydrogen (secondary N) is 1. The van der Waals surface area contributed by atoms with Gasteiger partial charge in [-0.3, -0.25) is 9.52 Å². The van der Waals surface area contributed by atoms with Crippen molar-refractivity contribution in [1.82, 2.24) is 0 Å². The number of rotatable bonds is 6. The Morgan fingerprint density at radius 1 is 1.00 bits per heavy atom. The van der Waals surface area contributed by atoms with E-state index in [4.69, 9.17) is 16.3 Å². The van der Waals surface area contributed by atoms with Gasteiger partial charge in [0, 0.05) is 10.7 Å². The largest absolute Gasteiger partial charge is 0.469 e. The molecule has 34 heavy (non-hydrogen) atoms. The van der Waals surface area contributed by atoms with Crippen LogP contribution in [0.1, 0.15) is 11.1 Å². The lowest BCUT2D eigenvalue weighted by atomic mass is 9.89. The zero-order chi connectivity index (χ0) is 24.5. The molecule has 0 radical (unpaired) electrons. The van der Waals surface area contributed by atoms with Crippen molar-refractivity contribution in [2.24, 2.45) is 0 Å². The number of hydrogen-bond donors (Lipinski definition) is 1. The molecule has 0 aliphatic carbocycles. The summed E-state index contributed by atoms with van der Waals surface area (Å²) in [6.45, 7) is 1.91. The number of fused-ring (bicyclic) bond motifs is 1. The van der Waals surface area contributed by atoms with E-state index in [1.54, 1.807) is 18.2 Å². The number of hydrogen-bond acceptors (Lipinski definition) is 4. The van der Waals surface area contributed by atoms with Crippen molar-refractivity contribution in [2.75, 3.05) is 11.8 Å². The average molecular weight is 498 g/mol. The Bertz CT molecular complexity index is 1480. The predicted octanol–water partition coefficient (Wildman–Crippen LogP) is 6.12. The molecule has 4 rings (SSSR count). The molecule has 0 saturated carbocycles. The number of halogens is 2. The minimum atomic E-state index is -3.87. The van der Waals surface area contributed by atoms with Crippen molar-refractivity contribution >= 4 is 44.1 Å². The summed E-state index contributed by atoms with van der Waals surface area (Å²) in [6, 6.07) is 19.0. The Labute approximate surface area is 202 Å². The lowest BCUT2D eigenvalue weighted by Gasteiger charge is -2.16. The molecule has 4 aromatic rings. The van der Waals surface area contributed by atoms with Crippen LogP contribution in [-0.4, -0.2) is 21.5 Å². The Morgan fingerprint density at radius 3 is 2.32 bits per heavy atom. The first-order valence-corrected chi connectivity index (χ1v) is 12.2. The molecular formula is C26H21ClFNO4S. The van der Waals surface area contributed by atoms with Gasteiger partial charge in [0.2, 0.25) is 0 Å². The Balaban J connectivity index is 1.77. The number of anilines is 1. The van der Waals surface area contributed by atoms with Crippen LogP contribution < -0.4 is 4.72 Å². The third kappa shape index (κ3) is 4.90. The van der Waals surface area contributed by atoms with Crippen molar-refractivity contribution in [3.05, 3.63) is 94.8 Å². The van der Waals surface area contributed by atoms with Crippen molar-refractivity contribution in [1.29, 1.82) is 0 Å². The van der Waals surface area contributed by atoms with Crippen LogP contribution in [0.25, 0.3) is 21.9 Å². The van der Waals surface area contributed by atoms with E-state index in [1.807, 2.05) is 25.1 Å². The van der Waals surface area contributed by atoms with Gasteiger partial charge in [-0.15, -0.1) is 0 Å². The minimum Gasteiger partial charge on any atom is -0.469 e. The highest BCUT2D eigenvalue weighted by Gasteiger charge is 2.18. The second-order valence-electron chi connectivity index (χ2n) is 7.79. The van der Waals surface area contributed by atoms with Crippen molar-refractivity contribution in [3.8, 4) is 11.1 Å². The summed E-state index contributed by atoms with van der Waals surface area (Å²) in [7, 11) is -2.52. The number of benzene rings is 4. The first-order chi connectivity index (χ1) is 16.2. The van der Waals surface area contributed by atoms with E-state index < -0.39 is 15.8 Å². The average Bonchev–Trinajstić information content (AvgIpc) is 2.81. The maximum absolute atomic E-state index is 13.1. The zero-order valence-electron chi connectivity index (χ0n) is 18.4. The topological polar surface area (TPSA) is 72.5 Å². The van der Waals surface area contributed by atoms with E-state index >= 15 is 0 Å². The smallest absolute Gasteiger partial charge is 0.309 e. The van der Waals surface area contributed by atoms with E-state index in [9.17, 15) is 17.6 Å². The lowest BCUT2D eigenvalue weighted by Crippen LogP contribution is -2.12. The second-order valence-corrected chi connectivity index (χ2v) is 9.91. The van der Waals surface area contributed by atoms with Crippen LogP contribution in [0.15, 0.2) is 77.7 Å². The highest BCUT2D eigenvalue weighted by Crippen LogP contribution is 2.36. The van der Waals surface area contributed by atoms with Gasteiger partial charge in [0.1, 0.15) is 5.82 Å². The fourth-order valence-electron chi connectivity index (χ4n) is 3.85. The summed E-state index contributed by atoms with van der Waals surface area (Å²) in [6.07, 6.45) is 0.113. The van der Waals surface area contributed by atoms with Crippen LogP contribution in [0.3, 0.4) is 0 Å². The molecule has 0 saturated heterocycles. The van der Waals surface area contributed by atoms with Crippen LogP contribution in [0, 0.1) is 12.7 Å². The van der Waals surface area contributed by atoms with Gasteiger partial charge in [-0.25, -0.2) is 12.8 Å². The molecule has 0 fully saturated rings. The summed E-state index contributed by atoms with van der Waals surface area (Å²) in [5.74, 6) is -0.805. The summed E-state index contributed by atoms with van der Waals surface area (Å²) in [4.78, 5) is 12.0. The van der Waals surface area contributed by atoms with Gasteiger partial charge in [0.15, 0.2) is 0 Å². The predicted molar refractivity (Wildman–Crippen MR) is 132 cm³/mol. The first-order valence-electron chi connectivity index (χ1n) is 10.4. The zero-order valence-corrected chi connectivity index (χ0v) is 20.0. The van der Waals surface area contributed by atoms with E-state index in [0.29, 0.717) is 5.02 Å². The number of methoxy groups -OCH3 is 1. The molecule has 0 aromatic heterocycles. The van der Waals surface area contributed by atoms with E-state index in [2.05, 4.69) is 4.72 Å². The fourth-order valence-corrected chi connectivity index (χ4v) is 5.08. The number of esters is 1. The van der Waals surface area contributed by atoms with Crippen LogP contribution in [0.5, 0.6) is 0 Å². The van der Waals surface area contributed by atoms with Crippen molar-refractivity contribution < 1.29 is 22.3 Å². The van der Waals surface area contributed by atoms with Crippen LogP contribution in [-0.2, 0) is 26.0 Å². The lowest BCUT2D eigenvalue weighted by molar-refractivity contribution is -0.139. The van der Waals surface area contributed by atoms with Gasteiger partial charge in [0.25, 0.3) is 10.0 Å². The minimum absolute atomic E-state index is 0.0614. The molecule has 0 amide bonds. The Hall–Kier alpha value is -3.42. The van der Waals surface area contributed by atoms with Gasteiger partial charge in [-0.2, -0.15) is 0 Å². The molecule has 5 nitrogen and oxygen atoms in total. The van der Waals surface area contributed by atoms with Gasteiger partial charge in [0.05, 0.1) is 18.4 Å². The summed E-state index contributed by atoms with van der Waals surface area (Å²) in [5.41, 5.74) is 3.58. The van der Waals surface area contributed by atoms with Gasteiger partial charge in [-0.1, -0.05) is 35.9 Å². The highest BCUT2D eigenvalue weighted by molar-refractivity contribution is 7.92. The molecule has 0 unspecified atom stereocenters. The maximum atomic E-state index is 13.1. The fraction of sp³-hybridized carbons (Fsp3) is 0.115. The Morgan fingerprint density at radius 2 is 1.68 bits per heavy atom. The van der Waals surface area contributed by atoms with Crippen LogP contribution in [0.2, 0.25) is 5.02 Å². The molecule has 0 heterocycles. The molecule has 1 N–H and O–H groups in total. The molecule has 0 aliphatic heterocycles. The number of carbonyl (C=O) groups is 1. The third-order valence-electron chi connectivity index (χ3n) is 5.58. The third-order valence-corrected chi connectivity index (χ3v) is 7.22. The highest BCUT2D eigenvalue weighted by atomic mass is 35.5. The quantitative estimate of drug-likeness (QED) is 0.325. The van der Waals surface area contributed by atoms with E-state index in [0.717, 1.165) is 33.0 Å². The SMILES string of the molecule is COC(=O)Cc1cc2ccc(Cl)cc2c(-c2ccc(S(=O)(=O)Nc3ccc(F)cc3)cc2)c1C. The normalized spacial score (nSPS) is 11.4.